The van der Waals surface area contributed by atoms with Crippen molar-refractivity contribution in [3.63, 3.8) is 0 Å². The summed E-state index contributed by atoms with van der Waals surface area (Å²) in [4.78, 5) is 2.71. The molecule has 1 unspecified atom stereocenters. The smallest absolute Gasteiger partial charge is 0.0472 e. The van der Waals surface area contributed by atoms with E-state index in [1.54, 1.807) is 0 Å². The highest BCUT2D eigenvalue weighted by molar-refractivity contribution is 4.87. The molecule has 0 spiro atoms. The van der Waals surface area contributed by atoms with Crippen LogP contribution in [0.5, 0.6) is 0 Å². The summed E-state index contributed by atoms with van der Waals surface area (Å²) in [5, 5.41) is 3.41. The van der Waals surface area contributed by atoms with E-state index in [1.165, 1.54) is 51.7 Å². The van der Waals surface area contributed by atoms with Gasteiger partial charge in [-0.2, -0.15) is 0 Å². The van der Waals surface area contributed by atoms with Crippen LogP contribution < -0.4 is 5.32 Å². The number of likely N-dealkylation sites (tertiary alicyclic amines) is 1. The van der Waals surface area contributed by atoms with Crippen molar-refractivity contribution in [2.24, 2.45) is 11.3 Å². The molecule has 0 aromatic heterocycles. The SMILES string of the molecule is CNCC1(CN2CCCC(C)CC2)CCOCC1. The fourth-order valence-corrected chi connectivity index (χ4v) is 3.53. The van der Waals surface area contributed by atoms with E-state index < -0.39 is 0 Å². The van der Waals surface area contributed by atoms with Crippen LogP contribution in [0.15, 0.2) is 0 Å². The molecule has 3 heteroatoms. The summed E-state index contributed by atoms with van der Waals surface area (Å²) < 4.78 is 5.56. The molecule has 1 N–H and O–H groups in total. The molecule has 3 nitrogen and oxygen atoms in total. The van der Waals surface area contributed by atoms with Gasteiger partial charge in [-0.15, -0.1) is 0 Å². The molecule has 106 valence electrons. The van der Waals surface area contributed by atoms with E-state index in [-0.39, 0.29) is 0 Å². The molecule has 0 amide bonds. The highest BCUT2D eigenvalue weighted by Gasteiger charge is 2.34. The van der Waals surface area contributed by atoms with Gasteiger partial charge in [0, 0.05) is 26.3 Å². The van der Waals surface area contributed by atoms with E-state index in [9.17, 15) is 0 Å². The lowest BCUT2D eigenvalue weighted by Gasteiger charge is -2.41. The Labute approximate surface area is 112 Å². The summed E-state index contributed by atoms with van der Waals surface area (Å²) in [7, 11) is 2.09. The van der Waals surface area contributed by atoms with Gasteiger partial charge in [0.25, 0.3) is 0 Å². The van der Waals surface area contributed by atoms with Crippen molar-refractivity contribution in [2.75, 3.05) is 46.4 Å². The van der Waals surface area contributed by atoms with Gasteiger partial charge >= 0.3 is 0 Å². The largest absolute Gasteiger partial charge is 0.381 e. The molecule has 0 bridgehead atoms. The van der Waals surface area contributed by atoms with Crippen molar-refractivity contribution in [2.45, 2.75) is 39.0 Å². The molecule has 2 rings (SSSR count). The maximum absolute atomic E-state index is 5.56. The number of rotatable bonds is 4. The lowest BCUT2D eigenvalue weighted by Crippen LogP contribution is -2.47. The molecule has 0 radical (unpaired) electrons. The Morgan fingerprint density at radius 1 is 1.22 bits per heavy atom. The summed E-state index contributed by atoms with van der Waals surface area (Å²) in [6.45, 7) is 9.32. The van der Waals surface area contributed by atoms with Gasteiger partial charge in [-0.05, 0) is 63.6 Å². The molecule has 2 heterocycles. The highest BCUT2D eigenvalue weighted by atomic mass is 16.5. The van der Waals surface area contributed by atoms with Gasteiger partial charge < -0.3 is 15.0 Å². The Hall–Kier alpha value is -0.120. The second-order valence-corrected chi connectivity index (χ2v) is 6.45. The van der Waals surface area contributed by atoms with Crippen LogP contribution in [0.2, 0.25) is 0 Å². The van der Waals surface area contributed by atoms with Crippen LogP contribution in [0.1, 0.15) is 39.0 Å². The van der Waals surface area contributed by atoms with Gasteiger partial charge in [-0.25, -0.2) is 0 Å². The van der Waals surface area contributed by atoms with Crippen molar-refractivity contribution < 1.29 is 4.74 Å². The van der Waals surface area contributed by atoms with E-state index in [2.05, 4.69) is 24.2 Å². The quantitative estimate of drug-likeness (QED) is 0.832. The lowest BCUT2D eigenvalue weighted by molar-refractivity contribution is -0.00314. The summed E-state index contributed by atoms with van der Waals surface area (Å²) in [5.74, 6) is 0.921. The maximum atomic E-state index is 5.56. The zero-order chi connectivity index (χ0) is 12.8. The topological polar surface area (TPSA) is 24.5 Å². The fraction of sp³-hybridized carbons (Fsp3) is 1.00. The molecule has 0 aliphatic carbocycles. The number of hydrogen-bond donors (Lipinski definition) is 1. The predicted molar refractivity (Wildman–Crippen MR) is 75.9 cm³/mol. The molecule has 0 saturated carbocycles. The minimum atomic E-state index is 0.459. The van der Waals surface area contributed by atoms with Crippen LogP contribution in [-0.2, 0) is 4.74 Å². The molecule has 2 fully saturated rings. The molecule has 1 atom stereocenters. The van der Waals surface area contributed by atoms with Gasteiger partial charge in [0.05, 0.1) is 0 Å². The molecule has 0 aromatic carbocycles. The minimum Gasteiger partial charge on any atom is -0.381 e. The normalized spacial score (nSPS) is 30.0. The van der Waals surface area contributed by atoms with Gasteiger partial charge in [0.15, 0.2) is 0 Å². The van der Waals surface area contributed by atoms with E-state index in [0.29, 0.717) is 5.41 Å². The Morgan fingerprint density at radius 3 is 2.72 bits per heavy atom. The van der Waals surface area contributed by atoms with Crippen molar-refractivity contribution in [3.05, 3.63) is 0 Å². The van der Waals surface area contributed by atoms with Crippen LogP contribution >= 0.6 is 0 Å². The second kappa shape index (κ2) is 6.88. The first-order valence-electron chi connectivity index (χ1n) is 7.69. The van der Waals surface area contributed by atoms with E-state index >= 15 is 0 Å². The Kier molecular flexibility index (Phi) is 5.46. The average molecular weight is 254 g/mol. The highest BCUT2D eigenvalue weighted by Crippen LogP contribution is 2.32. The number of nitrogens with one attached hydrogen (secondary N) is 1. The number of hydrogen-bond acceptors (Lipinski definition) is 3. The molecular weight excluding hydrogens is 224 g/mol. The van der Waals surface area contributed by atoms with E-state index in [0.717, 1.165) is 25.7 Å². The van der Waals surface area contributed by atoms with Crippen molar-refractivity contribution in [1.82, 2.24) is 10.2 Å². The van der Waals surface area contributed by atoms with Crippen LogP contribution in [0.4, 0.5) is 0 Å². The first kappa shape index (κ1) is 14.3. The average Bonchev–Trinajstić information content (AvgIpc) is 2.56. The molecule has 2 aliphatic heterocycles. The third-order valence-corrected chi connectivity index (χ3v) is 4.77. The molecule has 0 aromatic rings. The monoisotopic (exact) mass is 254 g/mol. The number of ether oxygens (including phenoxy) is 1. The fourth-order valence-electron chi connectivity index (χ4n) is 3.53. The first-order valence-corrected chi connectivity index (χ1v) is 7.69. The van der Waals surface area contributed by atoms with Crippen molar-refractivity contribution in [1.29, 1.82) is 0 Å². The van der Waals surface area contributed by atoms with Crippen molar-refractivity contribution >= 4 is 0 Å². The molecule has 2 aliphatic rings. The minimum absolute atomic E-state index is 0.459. The maximum Gasteiger partial charge on any atom is 0.0472 e. The Morgan fingerprint density at radius 2 is 2.00 bits per heavy atom. The molecular formula is C15H30N2O. The zero-order valence-corrected chi connectivity index (χ0v) is 12.2. The summed E-state index contributed by atoms with van der Waals surface area (Å²) in [6, 6.07) is 0. The lowest BCUT2D eigenvalue weighted by atomic mass is 9.79. The summed E-state index contributed by atoms with van der Waals surface area (Å²) in [6.07, 6.45) is 6.62. The third kappa shape index (κ3) is 3.94. The molecule has 18 heavy (non-hydrogen) atoms. The van der Waals surface area contributed by atoms with Gasteiger partial charge in [0.1, 0.15) is 0 Å². The van der Waals surface area contributed by atoms with Crippen LogP contribution in [-0.4, -0.2) is 51.3 Å². The van der Waals surface area contributed by atoms with Gasteiger partial charge in [0.2, 0.25) is 0 Å². The van der Waals surface area contributed by atoms with Crippen LogP contribution in [0, 0.1) is 11.3 Å². The van der Waals surface area contributed by atoms with Gasteiger partial charge in [-0.1, -0.05) is 6.92 Å². The van der Waals surface area contributed by atoms with Crippen LogP contribution in [0.3, 0.4) is 0 Å². The number of nitrogens with zero attached hydrogens (tertiary/aromatic N) is 1. The second-order valence-electron chi connectivity index (χ2n) is 6.45. The molecule has 2 saturated heterocycles. The van der Waals surface area contributed by atoms with E-state index in [1.807, 2.05) is 0 Å². The van der Waals surface area contributed by atoms with Crippen molar-refractivity contribution in [3.8, 4) is 0 Å². The summed E-state index contributed by atoms with van der Waals surface area (Å²) in [5.41, 5.74) is 0.459. The Balaban J connectivity index is 1.90. The van der Waals surface area contributed by atoms with Crippen LogP contribution in [0.25, 0.3) is 0 Å². The Bertz CT molecular complexity index is 233. The van der Waals surface area contributed by atoms with E-state index in [4.69, 9.17) is 4.74 Å². The first-order chi connectivity index (χ1) is 8.74. The standard InChI is InChI=1S/C15H30N2O/c1-14-4-3-8-17(9-5-14)13-15(12-16-2)6-10-18-11-7-15/h14,16H,3-13H2,1-2H3. The van der Waals surface area contributed by atoms with Gasteiger partial charge in [-0.3, -0.25) is 0 Å². The third-order valence-electron chi connectivity index (χ3n) is 4.77. The zero-order valence-electron chi connectivity index (χ0n) is 12.2. The predicted octanol–water partition coefficient (Wildman–Crippen LogP) is 2.12. The summed E-state index contributed by atoms with van der Waals surface area (Å²) >= 11 is 0.